The average molecular weight is 664 g/mol. The van der Waals surface area contributed by atoms with Gasteiger partial charge >= 0.3 is 0 Å². The Morgan fingerprint density at radius 1 is 0.359 bits per heavy atom. The van der Waals surface area contributed by atoms with Gasteiger partial charge in [0.25, 0.3) is 0 Å². The molecule has 0 aromatic carbocycles. The van der Waals surface area contributed by atoms with E-state index >= 15 is 0 Å². The molecule has 0 heterocycles. The smallest absolute Gasteiger partial charge is 0.243 e. The second-order valence-corrected chi connectivity index (χ2v) is 13.4. The van der Waals surface area contributed by atoms with Crippen LogP contribution in [0.15, 0.2) is 0 Å². The maximum atomic E-state index is 10.9. The summed E-state index contributed by atoms with van der Waals surface area (Å²) in [5.74, 6) is -0.254. The van der Waals surface area contributed by atoms with E-state index in [2.05, 4.69) is 22.6 Å². The third-order valence-corrected chi connectivity index (χ3v) is 9.17. The van der Waals surface area contributed by atoms with Crippen LogP contribution in [0.5, 0.6) is 0 Å². The zero-order chi connectivity index (χ0) is 28.3. The number of carbonyl (C=O) groups is 1. The first-order valence-electron chi connectivity index (χ1n) is 17.8. The first-order chi connectivity index (χ1) is 19.3. The minimum atomic E-state index is -0.254. The van der Waals surface area contributed by atoms with E-state index in [-0.39, 0.29) is 5.91 Å². The number of halogens is 1. The topological polar surface area (TPSA) is 49.3 Å². The van der Waals surface area contributed by atoms with E-state index in [9.17, 15) is 4.79 Å². The lowest BCUT2D eigenvalue weighted by atomic mass is 10.0. The van der Waals surface area contributed by atoms with E-state index in [0.717, 1.165) is 12.8 Å². The highest BCUT2D eigenvalue weighted by Crippen LogP contribution is 2.17. The summed E-state index contributed by atoms with van der Waals surface area (Å²) in [4.78, 5) is 10.9. The molecule has 234 valence electrons. The molecule has 0 atom stereocenters. The van der Waals surface area contributed by atoms with E-state index in [0.29, 0.717) is 6.42 Å². The Hall–Kier alpha value is 0.160. The van der Waals surface area contributed by atoms with Gasteiger partial charge in [0.15, 0.2) is 0 Å². The van der Waals surface area contributed by atoms with Crippen LogP contribution in [0.4, 0.5) is 0 Å². The Labute approximate surface area is 259 Å². The van der Waals surface area contributed by atoms with Crippen LogP contribution in [0.1, 0.15) is 212 Å². The van der Waals surface area contributed by atoms with Crippen molar-refractivity contribution in [1.29, 1.82) is 0 Å². The zero-order valence-electron chi connectivity index (χ0n) is 26.3. The number of hydrogen-bond acceptors (Lipinski definition) is 2. The molecule has 0 aromatic rings. The molecular weight excluding hydrogens is 593 g/mol. The average Bonchev–Trinajstić information content (AvgIpc) is 2.95. The Bertz CT molecular complexity index is 460. The van der Waals surface area contributed by atoms with Crippen molar-refractivity contribution in [3.63, 3.8) is 0 Å². The third-order valence-electron chi connectivity index (χ3n) is 8.41. The maximum Gasteiger partial charge on any atom is 0.243 e. The van der Waals surface area contributed by atoms with Crippen molar-refractivity contribution in [2.75, 3.05) is 4.43 Å². The number of hydrogen-bond donors (Lipinski definition) is 2. The van der Waals surface area contributed by atoms with Gasteiger partial charge in [-0.3, -0.25) is 10.0 Å². The molecule has 4 heteroatoms. The van der Waals surface area contributed by atoms with Gasteiger partial charge in [0, 0.05) is 6.42 Å². The zero-order valence-corrected chi connectivity index (χ0v) is 28.4. The summed E-state index contributed by atoms with van der Waals surface area (Å²) < 4.78 is 1.34. The first-order valence-corrected chi connectivity index (χ1v) is 19.3. The molecule has 0 unspecified atom stereocenters. The van der Waals surface area contributed by atoms with E-state index in [1.54, 1.807) is 5.48 Å². The fourth-order valence-corrected chi connectivity index (χ4v) is 6.28. The summed E-state index contributed by atoms with van der Waals surface area (Å²) in [5, 5.41) is 8.45. The van der Waals surface area contributed by atoms with Crippen LogP contribution < -0.4 is 5.48 Å². The molecular formula is C35H70INO2. The lowest BCUT2D eigenvalue weighted by Gasteiger charge is -2.05. The van der Waals surface area contributed by atoms with E-state index in [1.165, 1.54) is 197 Å². The molecule has 1 amide bonds. The number of carbonyl (C=O) groups excluding carboxylic acids is 1. The van der Waals surface area contributed by atoms with Crippen LogP contribution in [0.2, 0.25) is 0 Å². The largest absolute Gasteiger partial charge is 0.289 e. The summed E-state index contributed by atoms with van der Waals surface area (Å²) in [5.41, 5.74) is 1.70. The molecule has 0 saturated carbocycles. The highest BCUT2D eigenvalue weighted by Gasteiger charge is 1.99. The van der Waals surface area contributed by atoms with E-state index in [4.69, 9.17) is 5.21 Å². The van der Waals surface area contributed by atoms with Gasteiger partial charge in [-0.2, -0.15) is 0 Å². The van der Waals surface area contributed by atoms with Crippen LogP contribution >= 0.6 is 22.6 Å². The second-order valence-electron chi connectivity index (χ2n) is 12.3. The number of amides is 1. The normalized spacial score (nSPS) is 11.3. The summed E-state index contributed by atoms with van der Waals surface area (Å²) >= 11 is 2.50. The van der Waals surface area contributed by atoms with Crippen LogP contribution in [-0.4, -0.2) is 15.5 Å². The molecule has 0 radical (unpaired) electrons. The van der Waals surface area contributed by atoms with Crippen molar-refractivity contribution in [3.05, 3.63) is 0 Å². The molecule has 3 nitrogen and oxygen atoms in total. The molecule has 0 aliphatic rings. The van der Waals surface area contributed by atoms with Gasteiger partial charge in [0.05, 0.1) is 0 Å². The van der Waals surface area contributed by atoms with Crippen molar-refractivity contribution in [3.8, 4) is 0 Å². The number of alkyl halides is 1. The number of nitrogens with one attached hydrogen (secondary N) is 1. The highest BCUT2D eigenvalue weighted by atomic mass is 127. The number of unbranched alkanes of at least 4 members (excludes halogenated alkanes) is 31. The van der Waals surface area contributed by atoms with Gasteiger partial charge < -0.3 is 0 Å². The molecule has 0 aliphatic heterocycles. The van der Waals surface area contributed by atoms with Gasteiger partial charge in [0.2, 0.25) is 5.91 Å². The summed E-state index contributed by atoms with van der Waals surface area (Å²) in [6.45, 7) is 0. The van der Waals surface area contributed by atoms with Crippen LogP contribution in [0.25, 0.3) is 0 Å². The van der Waals surface area contributed by atoms with Crippen molar-refractivity contribution < 1.29 is 10.0 Å². The predicted octanol–water partition coefficient (Wildman–Crippen LogP) is 12.8. The van der Waals surface area contributed by atoms with E-state index < -0.39 is 0 Å². The molecule has 0 rings (SSSR count). The predicted molar refractivity (Wildman–Crippen MR) is 181 cm³/mol. The fourth-order valence-electron chi connectivity index (χ4n) is 5.74. The molecule has 0 fully saturated rings. The van der Waals surface area contributed by atoms with Gasteiger partial charge in [-0.1, -0.05) is 215 Å². The van der Waals surface area contributed by atoms with Crippen molar-refractivity contribution in [1.82, 2.24) is 5.48 Å². The van der Waals surface area contributed by atoms with Gasteiger partial charge in [-0.25, -0.2) is 5.48 Å². The monoisotopic (exact) mass is 663 g/mol. The summed E-state index contributed by atoms with van der Waals surface area (Å²) in [6, 6.07) is 0. The quantitative estimate of drug-likeness (QED) is 0.0237. The second kappa shape index (κ2) is 36.2. The van der Waals surface area contributed by atoms with Crippen LogP contribution in [0.3, 0.4) is 0 Å². The molecule has 0 saturated heterocycles. The van der Waals surface area contributed by atoms with Crippen molar-refractivity contribution in [2.24, 2.45) is 0 Å². The van der Waals surface area contributed by atoms with E-state index in [1.807, 2.05) is 0 Å². The van der Waals surface area contributed by atoms with Gasteiger partial charge in [-0.05, 0) is 17.3 Å². The van der Waals surface area contributed by atoms with Gasteiger partial charge in [-0.15, -0.1) is 0 Å². The van der Waals surface area contributed by atoms with Crippen LogP contribution in [-0.2, 0) is 4.79 Å². The SMILES string of the molecule is O=C(CCCCCCCCCCCCCCCCCCCCCCCCCCCCCCCCCCI)NO. The highest BCUT2D eigenvalue weighted by molar-refractivity contribution is 14.1. The molecule has 0 aliphatic carbocycles. The standard InChI is InChI=1S/C35H70INO2/c36-34-32-30-28-26-24-22-20-18-16-14-12-10-8-6-4-2-1-3-5-7-9-11-13-15-17-19-21-23-25-27-29-31-33-35(38)37-39/h39H,1-34H2,(H,37,38). The Morgan fingerprint density at radius 3 is 0.718 bits per heavy atom. The first kappa shape index (κ1) is 39.2. The molecule has 0 bridgehead atoms. The Balaban J connectivity index is 3.03. The van der Waals surface area contributed by atoms with Crippen molar-refractivity contribution >= 4 is 28.5 Å². The number of hydroxylamine groups is 1. The van der Waals surface area contributed by atoms with Crippen LogP contribution in [0, 0.1) is 0 Å². The molecule has 39 heavy (non-hydrogen) atoms. The molecule has 2 N–H and O–H groups in total. The fraction of sp³-hybridized carbons (Fsp3) is 0.971. The number of rotatable bonds is 34. The molecule has 0 aromatic heterocycles. The van der Waals surface area contributed by atoms with Crippen molar-refractivity contribution in [2.45, 2.75) is 212 Å². The third kappa shape index (κ3) is 36.1. The summed E-state index contributed by atoms with van der Waals surface area (Å²) in [6.07, 6.45) is 45.6. The Kier molecular flexibility index (Phi) is 36.3. The lowest BCUT2D eigenvalue weighted by molar-refractivity contribution is -0.129. The minimum absolute atomic E-state index is 0.254. The maximum absolute atomic E-state index is 10.9. The summed E-state index contributed by atoms with van der Waals surface area (Å²) in [7, 11) is 0. The van der Waals surface area contributed by atoms with Gasteiger partial charge in [0.1, 0.15) is 0 Å². The minimum Gasteiger partial charge on any atom is -0.289 e. The lowest BCUT2D eigenvalue weighted by Crippen LogP contribution is -2.17. The molecule has 0 spiro atoms. The Morgan fingerprint density at radius 2 is 0.538 bits per heavy atom.